The van der Waals surface area contributed by atoms with Gasteiger partial charge in [0, 0.05) is 34.3 Å². The number of rotatable bonds is 1. The number of aromatic amines is 1. The van der Waals surface area contributed by atoms with E-state index in [0.29, 0.717) is 0 Å². The van der Waals surface area contributed by atoms with Crippen LogP contribution in [0.3, 0.4) is 0 Å². The van der Waals surface area contributed by atoms with Crippen molar-refractivity contribution in [2.75, 3.05) is 0 Å². The van der Waals surface area contributed by atoms with Crippen LogP contribution in [-0.2, 0) is 0 Å². The molecular formula is C16H13N2+. The first-order chi connectivity index (χ1) is 8.93. The Balaban J connectivity index is 1.95. The van der Waals surface area contributed by atoms with E-state index in [9.17, 15) is 0 Å². The second-order valence-corrected chi connectivity index (χ2v) is 4.58. The minimum atomic E-state index is 1.19. The number of benzene rings is 2. The molecule has 1 aromatic heterocycles. The van der Waals surface area contributed by atoms with Gasteiger partial charge in [-0.25, -0.2) is 0 Å². The summed E-state index contributed by atoms with van der Waals surface area (Å²) in [6.07, 6.45) is 4.31. The quantitative estimate of drug-likeness (QED) is 0.606. The van der Waals surface area contributed by atoms with Crippen LogP contribution in [0.4, 0.5) is 5.69 Å². The van der Waals surface area contributed by atoms with Crippen molar-refractivity contribution in [1.29, 1.82) is 0 Å². The lowest BCUT2D eigenvalue weighted by Crippen LogP contribution is -2.69. The Kier molecular flexibility index (Phi) is 1.93. The van der Waals surface area contributed by atoms with Gasteiger partial charge in [0.15, 0.2) is 0 Å². The van der Waals surface area contributed by atoms with Crippen LogP contribution in [0.5, 0.6) is 0 Å². The van der Waals surface area contributed by atoms with E-state index in [-0.39, 0.29) is 0 Å². The predicted molar refractivity (Wildman–Crippen MR) is 73.4 cm³/mol. The van der Waals surface area contributed by atoms with E-state index >= 15 is 0 Å². The van der Waals surface area contributed by atoms with Gasteiger partial charge in [-0.3, -0.25) is 5.32 Å². The molecule has 18 heavy (non-hydrogen) atoms. The molecule has 0 unspecified atom stereocenters. The highest BCUT2D eigenvalue weighted by Gasteiger charge is 2.21. The van der Waals surface area contributed by atoms with Gasteiger partial charge >= 0.3 is 0 Å². The lowest BCUT2D eigenvalue weighted by Gasteiger charge is -2.00. The molecule has 0 spiro atoms. The fraction of sp³-hybridized carbons (Fsp3) is 0. The van der Waals surface area contributed by atoms with Crippen LogP contribution < -0.4 is 5.32 Å². The maximum Gasteiger partial charge on any atom is 0.142 e. The minimum absolute atomic E-state index is 1.19. The van der Waals surface area contributed by atoms with Crippen LogP contribution in [0.2, 0.25) is 0 Å². The summed E-state index contributed by atoms with van der Waals surface area (Å²) < 4.78 is 0. The second-order valence-electron chi connectivity index (χ2n) is 4.58. The molecule has 0 amide bonds. The van der Waals surface area contributed by atoms with E-state index in [1.807, 2.05) is 0 Å². The Morgan fingerprint density at radius 3 is 2.67 bits per heavy atom. The molecule has 0 aliphatic carbocycles. The molecule has 2 heteroatoms. The van der Waals surface area contributed by atoms with Gasteiger partial charge in [-0.1, -0.05) is 30.3 Å². The Bertz CT molecular complexity index is 765. The van der Waals surface area contributed by atoms with Crippen molar-refractivity contribution in [2.24, 2.45) is 0 Å². The fourth-order valence-electron chi connectivity index (χ4n) is 2.68. The van der Waals surface area contributed by atoms with E-state index < -0.39 is 0 Å². The van der Waals surface area contributed by atoms with Crippen LogP contribution in [-0.4, -0.2) is 4.98 Å². The molecule has 1 aliphatic heterocycles. The molecule has 0 bridgehead atoms. The van der Waals surface area contributed by atoms with Gasteiger partial charge < -0.3 is 4.98 Å². The molecule has 0 saturated carbocycles. The summed E-state index contributed by atoms with van der Waals surface area (Å²) in [5, 5.41) is 3.47. The van der Waals surface area contributed by atoms with Crippen molar-refractivity contribution < 1.29 is 5.32 Å². The van der Waals surface area contributed by atoms with Crippen LogP contribution in [0.1, 0.15) is 11.1 Å². The zero-order valence-electron chi connectivity index (χ0n) is 9.85. The zero-order valence-corrected chi connectivity index (χ0v) is 9.85. The summed E-state index contributed by atoms with van der Waals surface area (Å²) in [5.74, 6) is 0. The van der Waals surface area contributed by atoms with Gasteiger partial charge in [0.1, 0.15) is 11.9 Å². The summed E-state index contributed by atoms with van der Waals surface area (Å²) >= 11 is 0. The number of aromatic nitrogens is 1. The smallest absolute Gasteiger partial charge is 0.142 e. The van der Waals surface area contributed by atoms with Crippen LogP contribution in [0.25, 0.3) is 16.5 Å². The van der Waals surface area contributed by atoms with Gasteiger partial charge in [-0.2, -0.15) is 0 Å². The number of hydrogen-bond acceptors (Lipinski definition) is 0. The number of H-pyrrole nitrogens is 1. The topological polar surface area (TPSA) is 32.4 Å². The van der Waals surface area contributed by atoms with Gasteiger partial charge in [0.05, 0.1) is 5.57 Å². The van der Waals surface area contributed by atoms with E-state index in [1.165, 1.54) is 33.3 Å². The molecular weight excluding hydrogens is 220 g/mol. The molecule has 0 atom stereocenters. The van der Waals surface area contributed by atoms with Crippen LogP contribution >= 0.6 is 0 Å². The predicted octanol–water partition coefficient (Wildman–Crippen LogP) is 2.77. The molecule has 3 aromatic rings. The maximum atomic E-state index is 3.34. The highest BCUT2D eigenvalue weighted by Crippen LogP contribution is 2.33. The van der Waals surface area contributed by atoms with Gasteiger partial charge in [0.2, 0.25) is 0 Å². The molecule has 4 rings (SSSR count). The highest BCUT2D eigenvalue weighted by atomic mass is 14.9. The summed E-state index contributed by atoms with van der Waals surface area (Å²) in [7, 11) is 0. The molecule has 1 aliphatic rings. The average molecular weight is 233 g/mol. The van der Waals surface area contributed by atoms with Crippen molar-refractivity contribution in [1.82, 2.24) is 4.98 Å². The lowest BCUT2D eigenvalue weighted by molar-refractivity contribution is -0.491. The van der Waals surface area contributed by atoms with Crippen LogP contribution in [0.15, 0.2) is 60.9 Å². The number of para-hydroxylation sites is 2. The number of fused-ring (bicyclic) bond motifs is 2. The summed E-state index contributed by atoms with van der Waals surface area (Å²) in [6, 6.07) is 17.0. The van der Waals surface area contributed by atoms with Crippen molar-refractivity contribution in [3.8, 4) is 0 Å². The molecule has 0 saturated heterocycles. The molecule has 2 nitrogen and oxygen atoms in total. The van der Waals surface area contributed by atoms with Crippen molar-refractivity contribution in [2.45, 2.75) is 0 Å². The largest absolute Gasteiger partial charge is 0.361 e. The highest BCUT2D eigenvalue weighted by molar-refractivity contribution is 5.98. The van der Waals surface area contributed by atoms with E-state index in [0.717, 1.165) is 0 Å². The molecule has 0 radical (unpaired) electrons. The second kappa shape index (κ2) is 3.59. The number of hydrogen-bond donors (Lipinski definition) is 2. The Labute approximate surface area is 105 Å². The number of nitrogens with one attached hydrogen (secondary N) is 1. The van der Waals surface area contributed by atoms with Gasteiger partial charge in [-0.15, -0.1) is 0 Å². The SMILES string of the molecule is C1=C(c2c[nH]c3ccccc23)c2ccccc2[NH2+]1. The van der Waals surface area contributed by atoms with E-state index in [1.54, 1.807) is 0 Å². The lowest BCUT2D eigenvalue weighted by atomic mass is 9.99. The molecule has 86 valence electrons. The van der Waals surface area contributed by atoms with Gasteiger partial charge in [0.25, 0.3) is 0 Å². The van der Waals surface area contributed by atoms with Crippen molar-refractivity contribution in [3.05, 3.63) is 72.1 Å². The monoisotopic (exact) mass is 233 g/mol. The van der Waals surface area contributed by atoms with Crippen molar-refractivity contribution in [3.63, 3.8) is 0 Å². The van der Waals surface area contributed by atoms with Crippen LogP contribution in [0, 0.1) is 0 Å². The average Bonchev–Trinajstić information content (AvgIpc) is 3.01. The Morgan fingerprint density at radius 1 is 0.833 bits per heavy atom. The molecule has 3 N–H and O–H groups in total. The third-order valence-electron chi connectivity index (χ3n) is 3.56. The molecule has 2 heterocycles. The standard InChI is InChI=1S/C16H12N2/c1-3-7-15-11(5-1)13(9-17-15)14-10-18-16-8-4-2-6-12(14)16/h1-10,17-18H/p+1. The maximum absolute atomic E-state index is 3.34. The first kappa shape index (κ1) is 9.68. The zero-order chi connectivity index (χ0) is 11.9. The Hall–Kier alpha value is -2.32. The van der Waals surface area contributed by atoms with E-state index in [4.69, 9.17) is 0 Å². The summed E-state index contributed by atoms with van der Waals surface area (Å²) in [5.41, 5.74) is 6.41. The summed E-state index contributed by atoms with van der Waals surface area (Å²) in [6.45, 7) is 0. The van der Waals surface area contributed by atoms with Gasteiger partial charge in [-0.05, 0) is 12.1 Å². The normalized spacial score (nSPS) is 13.7. The number of nitrogens with two attached hydrogens (primary N) is 1. The van der Waals surface area contributed by atoms with E-state index in [2.05, 4.69) is 71.2 Å². The third-order valence-corrected chi connectivity index (χ3v) is 3.56. The Morgan fingerprint density at radius 2 is 1.67 bits per heavy atom. The van der Waals surface area contributed by atoms with Crippen molar-refractivity contribution >= 4 is 22.2 Å². The first-order valence-corrected chi connectivity index (χ1v) is 6.14. The number of quaternary nitrogens is 1. The summed E-state index contributed by atoms with van der Waals surface area (Å²) in [4.78, 5) is 3.34. The fourth-order valence-corrected chi connectivity index (χ4v) is 2.68. The molecule has 0 fully saturated rings. The minimum Gasteiger partial charge on any atom is -0.361 e. The molecule has 2 aromatic carbocycles. The third kappa shape index (κ3) is 1.27. The first-order valence-electron chi connectivity index (χ1n) is 6.14.